The Bertz CT molecular complexity index is 295. The van der Waals surface area contributed by atoms with Gasteiger partial charge < -0.3 is 0 Å². The summed E-state index contributed by atoms with van der Waals surface area (Å²) in [4.78, 5) is 0. The highest BCUT2D eigenvalue weighted by atomic mass is 32.2. The molecule has 0 aliphatic carbocycles. The van der Waals surface area contributed by atoms with E-state index in [0.717, 1.165) is 0 Å². The van der Waals surface area contributed by atoms with E-state index in [9.17, 15) is 0 Å². The number of hydrogen-bond donors (Lipinski definition) is 0. The van der Waals surface area contributed by atoms with Crippen molar-refractivity contribution in [3.05, 3.63) is 5.75 Å². The summed E-state index contributed by atoms with van der Waals surface area (Å²) in [6.45, 7) is 4.61. The van der Waals surface area contributed by atoms with Gasteiger partial charge in [-0.25, -0.2) is 0 Å². The first kappa shape index (κ1) is 34.4. The molecule has 205 valence electrons. The van der Waals surface area contributed by atoms with Crippen LogP contribution in [0.2, 0.25) is 0 Å². The number of rotatable bonds is 31. The van der Waals surface area contributed by atoms with E-state index >= 15 is 0 Å². The minimum Gasteiger partial charge on any atom is -0.157 e. The predicted octanol–water partition coefficient (Wildman–Crippen LogP) is 13.2. The molecule has 1 radical (unpaired) electrons. The molecule has 0 rings (SSSR count). The second kappa shape index (κ2) is 33.4. The molecule has 0 aromatic heterocycles. The van der Waals surface area contributed by atoms with E-state index in [4.69, 9.17) is 0 Å². The van der Waals surface area contributed by atoms with Crippen LogP contribution in [-0.2, 0) is 0 Å². The SMILES string of the molecule is CCCCCCCCCCCCCCCCCCC[CH]SCCCCCCCCCCCCC. The van der Waals surface area contributed by atoms with Crippen LogP contribution in [0.25, 0.3) is 0 Å². The minimum absolute atomic E-state index is 1.33. The van der Waals surface area contributed by atoms with Gasteiger partial charge in [-0.2, -0.15) is 11.8 Å². The fourth-order valence-electron chi connectivity index (χ4n) is 4.97. The quantitative estimate of drug-likeness (QED) is 0.0861. The van der Waals surface area contributed by atoms with Gasteiger partial charge in [-0.15, -0.1) is 0 Å². The Balaban J connectivity index is 2.99. The van der Waals surface area contributed by atoms with E-state index in [0.29, 0.717) is 0 Å². The Morgan fingerprint density at radius 1 is 0.324 bits per heavy atom. The number of hydrogen-bond acceptors (Lipinski definition) is 1. The normalized spacial score (nSPS) is 11.5. The molecule has 1 heteroatoms. The van der Waals surface area contributed by atoms with Crippen LogP contribution in [0.3, 0.4) is 0 Å². The van der Waals surface area contributed by atoms with Gasteiger partial charge in [0.2, 0.25) is 0 Å². The zero-order valence-corrected chi connectivity index (χ0v) is 25.0. The smallest absolute Gasteiger partial charge is 0.0166 e. The second-order valence-corrected chi connectivity index (χ2v) is 12.1. The van der Waals surface area contributed by atoms with Crippen LogP contribution in [0.1, 0.15) is 200 Å². The second-order valence-electron chi connectivity index (χ2n) is 11.0. The molecule has 0 atom stereocenters. The molecule has 0 aromatic carbocycles. The van der Waals surface area contributed by atoms with Crippen molar-refractivity contribution in [1.82, 2.24) is 0 Å². The fraction of sp³-hybridized carbons (Fsp3) is 0.970. The van der Waals surface area contributed by atoms with Crippen LogP contribution < -0.4 is 0 Å². The maximum absolute atomic E-state index is 2.50. The summed E-state index contributed by atoms with van der Waals surface area (Å²) in [6, 6.07) is 0. The van der Waals surface area contributed by atoms with Crippen molar-refractivity contribution in [1.29, 1.82) is 0 Å². The minimum atomic E-state index is 1.33. The van der Waals surface area contributed by atoms with Crippen LogP contribution >= 0.6 is 11.8 Å². The van der Waals surface area contributed by atoms with Crippen molar-refractivity contribution in [2.75, 3.05) is 5.75 Å². The summed E-state index contributed by atoms with van der Waals surface area (Å²) >= 11 is 2.10. The van der Waals surface area contributed by atoms with Gasteiger partial charge in [0.05, 0.1) is 0 Å². The highest BCUT2D eigenvalue weighted by molar-refractivity contribution is 8.01. The Morgan fingerprint density at radius 2 is 0.588 bits per heavy atom. The molecule has 0 saturated heterocycles. The summed E-state index contributed by atoms with van der Waals surface area (Å²) in [5.74, 6) is 3.86. The van der Waals surface area contributed by atoms with E-state index in [1.165, 1.54) is 192 Å². The molecular weight excluding hydrogens is 428 g/mol. The molecule has 0 aliphatic heterocycles. The summed E-state index contributed by atoms with van der Waals surface area (Å²) in [5, 5.41) is 0. The van der Waals surface area contributed by atoms with Gasteiger partial charge in [0.25, 0.3) is 0 Å². The maximum atomic E-state index is 2.50. The molecule has 34 heavy (non-hydrogen) atoms. The van der Waals surface area contributed by atoms with Crippen molar-refractivity contribution < 1.29 is 0 Å². The third-order valence-corrected chi connectivity index (χ3v) is 8.40. The first-order valence-electron chi connectivity index (χ1n) is 16.3. The Hall–Kier alpha value is 0.350. The number of unbranched alkanes of at least 4 members (excludes halogenated alkanes) is 27. The lowest BCUT2D eigenvalue weighted by molar-refractivity contribution is 0.527. The monoisotopic (exact) mass is 495 g/mol. The zero-order chi connectivity index (χ0) is 24.6. The molecule has 0 fully saturated rings. The molecule has 0 aliphatic rings. The largest absolute Gasteiger partial charge is 0.157 e. The van der Waals surface area contributed by atoms with Gasteiger partial charge >= 0.3 is 0 Å². The van der Waals surface area contributed by atoms with Crippen molar-refractivity contribution in [3.8, 4) is 0 Å². The molecule has 0 heterocycles. The molecule has 0 N–H and O–H groups in total. The van der Waals surface area contributed by atoms with E-state index in [-0.39, 0.29) is 0 Å². The highest BCUT2D eigenvalue weighted by Gasteiger charge is 1.97. The molecule has 0 bridgehead atoms. The van der Waals surface area contributed by atoms with Crippen LogP contribution in [0.4, 0.5) is 0 Å². The van der Waals surface area contributed by atoms with E-state index < -0.39 is 0 Å². The molecule has 0 nitrogen and oxygen atoms in total. The Labute approximate surface area is 223 Å². The fourth-order valence-corrected chi connectivity index (χ4v) is 5.84. The van der Waals surface area contributed by atoms with Crippen LogP contribution in [0.5, 0.6) is 0 Å². The van der Waals surface area contributed by atoms with Crippen molar-refractivity contribution in [2.45, 2.75) is 200 Å². The van der Waals surface area contributed by atoms with Gasteiger partial charge in [0.15, 0.2) is 0 Å². The van der Waals surface area contributed by atoms with Gasteiger partial charge in [-0.1, -0.05) is 187 Å². The first-order valence-corrected chi connectivity index (χ1v) is 17.4. The lowest BCUT2D eigenvalue weighted by atomic mass is 10.0. The van der Waals surface area contributed by atoms with E-state index in [1.54, 1.807) is 0 Å². The molecule has 0 amide bonds. The molecular formula is C33H67S. The first-order chi connectivity index (χ1) is 16.9. The molecule has 0 aromatic rings. The van der Waals surface area contributed by atoms with Gasteiger partial charge in [0.1, 0.15) is 0 Å². The average molecular weight is 496 g/mol. The lowest BCUT2D eigenvalue weighted by Gasteiger charge is -2.04. The summed E-state index contributed by atoms with van der Waals surface area (Å²) in [5.41, 5.74) is 0. The van der Waals surface area contributed by atoms with Crippen LogP contribution in [-0.4, -0.2) is 5.75 Å². The van der Waals surface area contributed by atoms with Crippen molar-refractivity contribution in [3.63, 3.8) is 0 Å². The third-order valence-electron chi connectivity index (χ3n) is 7.41. The summed E-state index contributed by atoms with van der Waals surface area (Å²) < 4.78 is 0. The maximum Gasteiger partial charge on any atom is 0.0166 e. The van der Waals surface area contributed by atoms with E-state index in [2.05, 4.69) is 31.4 Å². The highest BCUT2D eigenvalue weighted by Crippen LogP contribution is 2.18. The summed E-state index contributed by atoms with van der Waals surface area (Å²) in [7, 11) is 0. The number of thioether (sulfide) groups is 1. The van der Waals surface area contributed by atoms with Crippen molar-refractivity contribution >= 4 is 11.8 Å². The Kier molecular flexibility index (Phi) is 33.7. The predicted molar refractivity (Wildman–Crippen MR) is 162 cm³/mol. The summed E-state index contributed by atoms with van der Waals surface area (Å²) in [6.07, 6.45) is 42.3. The van der Waals surface area contributed by atoms with Crippen molar-refractivity contribution in [2.24, 2.45) is 0 Å². The zero-order valence-electron chi connectivity index (χ0n) is 24.2. The average Bonchev–Trinajstić information content (AvgIpc) is 2.85. The lowest BCUT2D eigenvalue weighted by Crippen LogP contribution is -1.85. The van der Waals surface area contributed by atoms with Gasteiger partial charge in [0, 0.05) is 5.75 Å². The van der Waals surface area contributed by atoms with Gasteiger partial charge in [-0.3, -0.25) is 0 Å². The molecule has 0 saturated carbocycles. The van der Waals surface area contributed by atoms with Gasteiger partial charge in [-0.05, 0) is 18.6 Å². The van der Waals surface area contributed by atoms with E-state index in [1.807, 2.05) is 0 Å². The molecule has 0 spiro atoms. The Morgan fingerprint density at radius 3 is 0.912 bits per heavy atom. The standard InChI is InChI=1S/C33H67S/c1-3-5-7-9-11-13-15-16-17-18-19-20-21-23-25-27-29-31-33-34-32-30-28-26-24-22-14-12-10-8-6-4-2/h33H,3-32H2,1-2H3. The van der Waals surface area contributed by atoms with Crippen LogP contribution in [0.15, 0.2) is 0 Å². The van der Waals surface area contributed by atoms with Crippen LogP contribution in [0, 0.1) is 5.75 Å². The third kappa shape index (κ3) is 32.4. The molecule has 0 unspecified atom stereocenters. The topological polar surface area (TPSA) is 0 Å².